The molecule has 5 heteroatoms. The maximum absolute atomic E-state index is 12.8. The highest BCUT2D eigenvalue weighted by atomic mass is 16.2. The lowest BCUT2D eigenvalue weighted by atomic mass is 9.89. The largest absolute Gasteiger partial charge is 0.368 e. The van der Waals surface area contributed by atoms with Crippen LogP contribution in [0.5, 0.6) is 0 Å². The van der Waals surface area contributed by atoms with Crippen molar-refractivity contribution in [2.24, 2.45) is 0 Å². The van der Waals surface area contributed by atoms with Crippen LogP contribution in [0.2, 0.25) is 0 Å². The first kappa shape index (κ1) is 15.5. The number of anilines is 1. The minimum absolute atomic E-state index is 0.000136. The third-order valence-electron chi connectivity index (χ3n) is 4.45. The van der Waals surface area contributed by atoms with Crippen molar-refractivity contribution in [3.05, 3.63) is 52.8 Å². The maximum Gasteiger partial charge on any atom is 0.257 e. The molecule has 1 saturated heterocycles. The van der Waals surface area contributed by atoms with E-state index in [2.05, 4.69) is 41.2 Å². The van der Waals surface area contributed by atoms with Crippen LogP contribution in [0.4, 0.5) is 5.95 Å². The topological polar surface area (TPSA) is 72.1 Å². The van der Waals surface area contributed by atoms with Crippen LogP contribution < -0.4 is 5.73 Å². The van der Waals surface area contributed by atoms with E-state index in [1.165, 1.54) is 17.3 Å². The third kappa shape index (κ3) is 3.33. The van der Waals surface area contributed by atoms with Gasteiger partial charge in [-0.05, 0) is 32.3 Å². The van der Waals surface area contributed by atoms with E-state index >= 15 is 0 Å². The van der Waals surface area contributed by atoms with Gasteiger partial charge in [0, 0.05) is 25.2 Å². The van der Waals surface area contributed by atoms with Gasteiger partial charge in [-0.3, -0.25) is 4.79 Å². The molecule has 2 N–H and O–H groups in total. The average molecular weight is 310 g/mol. The van der Waals surface area contributed by atoms with Crippen molar-refractivity contribution >= 4 is 11.9 Å². The number of nitrogens with two attached hydrogens (primary N) is 1. The molecule has 0 spiro atoms. The van der Waals surface area contributed by atoms with Gasteiger partial charge in [0.25, 0.3) is 5.91 Å². The highest BCUT2D eigenvalue weighted by molar-refractivity contribution is 5.95. The Balaban J connectivity index is 1.79. The Bertz CT molecular complexity index is 729. The number of hydrogen-bond donors (Lipinski definition) is 1. The molecule has 1 aliphatic heterocycles. The van der Waals surface area contributed by atoms with Crippen LogP contribution >= 0.6 is 0 Å². The zero-order valence-corrected chi connectivity index (χ0v) is 13.6. The highest BCUT2D eigenvalue weighted by Gasteiger charge is 2.26. The SMILES string of the molecule is Cc1cccc([C@H]2CCCN(C(=O)c3cnc(N)nc3C)C2)c1. The number of carbonyl (C=O) groups is 1. The van der Waals surface area contributed by atoms with Gasteiger partial charge in [0.15, 0.2) is 0 Å². The fraction of sp³-hybridized carbons (Fsp3) is 0.389. The number of carbonyl (C=O) groups excluding carboxylic acids is 1. The molecule has 120 valence electrons. The fourth-order valence-corrected chi connectivity index (χ4v) is 3.22. The summed E-state index contributed by atoms with van der Waals surface area (Å²) in [5, 5.41) is 0. The van der Waals surface area contributed by atoms with Gasteiger partial charge in [0.1, 0.15) is 0 Å². The maximum atomic E-state index is 12.8. The second-order valence-corrected chi connectivity index (χ2v) is 6.23. The summed E-state index contributed by atoms with van der Waals surface area (Å²) in [4.78, 5) is 22.8. The summed E-state index contributed by atoms with van der Waals surface area (Å²) >= 11 is 0. The molecule has 3 rings (SSSR count). The van der Waals surface area contributed by atoms with Gasteiger partial charge in [-0.1, -0.05) is 29.8 Å². The Morgan fingerprint density at radius 3 is 2.91 bits per heavy atom. The van der Waals surface area contributed by atoms with Gasteiger partial charge in [-0.15, -0.1) is 0 Å². The van der Waals surface area contributed by atoms with E-state index in [0.29, 0.717) is 17.2 Å². The Labute approximate surface area is 136 Å². The molecule has 23 heavy (non-hydrogen) atoms. The molecule has 1 fully saturated rings. The van der Waals surface area contributed by atoms with Crippen LogP contribution in [-0.4, -0.2) is 33.9 Å². The summed E-state index contributed by atoms with van der Waals surface area (Å²) < 4.78 is 0. The molecule has 1 aliphatic rings. The first-order valence-corrected chi connectivity index (χ1v) is 7.99. The molecule has 0 saturated carbocycles. The average Bonchev–Trinajstić information content (AvgIpc) is 2.54. The highest BCUT2D eigenvalue weighted by Crippen LogP contribution is 2.28. The smallest absolute Gasteiger partial charge is 0.257 e. The van der Waals surface area contributed by atoms with Gasteiger partial charge in [0.2, 0.25) is 5.95 Å². The molecule has 0 aliphatic carbocycles. The number of hydrogen-bond acceptors (Lipinski definition) is 4. The summed E-state index contributed by atoms with van der Waals surface area (Å²) in [7, 11) is 0. The molecule has 1 aromatic carbocycles. The summed E-state index contributed by atoms with van der Waals surface area (Å²) in [6.07, 6.45) is 3.67. The van der Waals surface area contributed by atoms with E-state index in [-0.39, 0.29) is 11.9 Å². The van der Waals surface area contributed by atoms with E-state index in [4.69, 9.17) is 5.73 Å². The van der Waals surface area contributed by atoms with E-state index in [1.54, 1.807) is 6.92 Å². The molecule has 1 atom stereocenters. The lowest BCUT2D eigenvalue weighted by molar-refractivity contribution is 0.0705. The molecule has 2 heterocycles. The molecule has 5 nitrogen and oxygen atoms in total. The van der Waals surface area contributed by atoms with Gasteiger partial charge >= 0.3 is 0 Å². The molecule has 2 aromatic rings. The van der Waals surface area contributed by atoms with Crippen molar-refractivity contribution in [2.45, 2.75) is 32.6 Å². The van der Waals surface area contributed by atoms with Crippen molar-refractivity contribution in [1.29, 1.82) is 0 Å². The number of piperidine rings is 1. The lowest BCUT2D eigenvalue weighted by Crippen LogP contribution is -2.39. The van der Waals surface area contributed by atoms with Crippen LogP contribution in [0.1, 0.15) is 45.9 Å². The van der Waals surface area contributed by atoms with Crippen LogP contribution in [-0.2, 0) is 0 Å². The van der Waals surface area contributed by atoms with E-state index in [1.807, 2.05) is 4.90 Å². The third-order valence-corrected chi connectivity index (χ3v) is 4.45. The van der Waals surface area contributed by atoms with Crippen LogP contribution in [0.15, 0.2) is 30.5 Å². The number of likely N-dealkylation sites (tertiary alicyclic amines) is 1. The zero-order valence-electron chi connectivity index (χ0n) is 13.6. The van der Waals surface area contributed by atoms with Crippen LogP contribution in [0.3, 0.4) is 0 Å². The minimum atomic E-state index is -0.000136. The zero-order chi connectivity index (χ0) is 16.4. The number of aryl methyl sites for hydroxylation is 2. The Morgan fingerprint density at radius 1 is 1.35 bits per heavy atom. The van der Waals surface area contributed by atoms with Gasteiger partial charge < -0.3 is 10.6 Å². The van der Waals surface area contributed by atoms with Crippen molar-refractivity contribution in [3.8, 4) is 0 Å². The monoisotopic (exact) mass is 310 g/mol. The quantitative estimate of drug-likeness (QED) is 0.925. The Morgan fingerprint density at radius 2 is 2.17 bits per heavy atom. The number of aromatic nitrogens is 2. The minimum Gasteiger partial charge on any atom is -0.368 e. The Hall–Kier alpha value is -2.43. The van der Waals surface area contributed by atoms with Crippen LogP contribution in [0, 0.1) is 13.8 Å². The normalized spacial score (nSPS) is 18.0. The standard InChI is InChI=1S/C18H22N4O/c1-12-5-3-6-14(9-12)15-7-4-8-22(11-15)17(23)16-10-20-18(19)21-13(16)2/h3,5-6,9-10,15H,4,7-8,11H2,1-2H3,(H2,19,20,21)/t15-/m0/s1. The van der Waals surface area contributed by atoms with Gasteiger partial charge in [-0.25, -0.2) is 9.97 Å². The first-order chi connectivity index (χ1) is 11.0. The molecule has 1 aromatic heterocycles. The molecular weight excluding hydrogens is 288 g/mol. The summed E-state index contributed by atoms with van der Waals surface area (Å²) in [6, 6.07) is 8.56. The fourth-order valence-electron chi connectivity index (χ4n) is 3.22. The summed E-state index contributed by atoms with van der Waals surface area (Å²) in [5.74, 6) is 0.595. The molecule has 0 bridgehead atoms. The number of nitrogen functional groups attached to an aromatic ring is 1. The van der Waals surface area contributed by atoms with Crippen molar-refractivity contribution in [3.63, 3.8) is 0 Å². The second-order valence-electron chi connectivity index (χ2n) is 6.23. The molecular formula is C18H22N4O. The van der Waals surface area contributed by atoms with Crippen LogP contribution in [0.25, 0.3) is 0 Å². The van der Waals surface area contributed by atoms with Crippen molar-refractivity contribution in [1.82, 2.24) is 14.9 Å². The predicted octanol–water partition coefficient (Wildman–Crippen LogP) is 2.70. The molecule has 0 unspecified atom stereocenters. The molecule has 0 radical (unpaired) electrons. The van der Waals surface area contributed by atoms with E-state index in [9.17, 15) is 4.79 Å². The number of amides is 1. The summed E-state index contributed by atoms with van der Waals surface area (Å²) in [6.45, 7) is 5.43. The van der Waals surface area contributed by atoms with Gasteiger partial charge in [0.05, 0.1) is 11.3 Å². The number of rotatable bonds is 2. The van der Waals surface area contributed by atoms with Crippen molar-refractivity contribution in [2.75, 3.05) is 18.8 Å². The predicted molar refractivity (Wildman–Crippen MR) is 90.2 cm³/mol. The second kappa shape index (κ2) is 6.36. The number of benzene rings is 1. The lowest BCUT2D eigenvalue weighted by Gasteiger charge is -2.33. The number of nitrogens with zero attached hydrogens (tertiary/aromatic N) is 3. The summed E-state index contributed by atoms with van der Waals surface area (Å²) in [5.41, 5.74) is 9.33. The van der Waals surface area contributed by atoms with E-state index in [0.717, 1.165) is 25.9 Å². The molecule has 1 amide bonds. The van der Waals surface area contributed by atoms with Gasteiger partial charge in [-0.2, -0.15) is 0 Å². The van der Waals surface area contributed by atoms with E-state index < -0.39 is 0 Å². The first-order valence-electron chi connectivity index (χ1n) is 7.99. The Kier molecular flexibility index (Phi) is 4.28. The van der Waals surface area contributed by atoms with Crippen molar-refractivity contribution < 1.29 is 4.79 Å².